The number of benzene rings is 1. The summed E-state index contributed by atoms with van der Waals surface area (Å²) in [7, 11) is 0. The van der Waals surface area contributed by atoms with Crippen molar-refractivity contribution in [1.29, 1.82) is 0 Å². The zero-order chi connectivity index (χ0) is 10.6. The molecule has 0 heterocycles. The van der Waals surface area contributed by atoms with Crippen LogP contribution in [0.3, 0.4) is 0 Å². The zero-order valence-corrected chi connectivity index (χ0v) is 9.70. The van der Waals surface area contributed by atoms with Gasteiger partial charge in [-0.25, -0.2) is 4.39 Å². The Bertz CT molecular complexity index is 336. The molecule has 1 nitrogen and oxygen atoms in total. The van der Waals surface area contributed by atoms with E-state index in [4.69, 9.17) is 0 Å². The summed E-state index contributed by atoms with van der Waals surface area (Å²) in [6.45, 7) is 6.45. The van der Waals surface area contributed by atoms with E-state index in [2.05, 4.69) is 27.8 Å². The molecule has 0 atom stereocenters. The number of nitrogens with one attached hydrogen (secondary N) is 1. The molecule has 0 amide bonds. The molecular formula is C11H13BrFN. The highest BCUT2D eigenvalue weighted by Gasteiger charge is 2.01. The van der Waals surface area contributed by atoms with Gasteiger partial charge in [0.1, 0.15) is 5.82 Å². The van der Waals surface area contributed by atoms with Crippen molar-refractivity contribution in [2.75, 3.05) is 11.9 Å². The van der Waals surface area contributed by atoms with Gasteiger partial charge in [0.05, 0.1) is 5.69 Å². The quantitative estimate of drug-likeness (QED) is 0.806. The third-order valence-corrected chi connectivity index (χ3v) is 2.29. The van der Waals surface area contributed by atoms with E-state index in [1.807, 2.05) is 6.92 Å². The minimum Gasteiger partial charge on any atom is -0.382 e. The molecule has 0 unspecified atom stereocenters. The molecule has 0 aromatic heterocycles. The normalized spacial score (nSPS) is 9.93. The summed E-state index contributed by atoms with van der Waals surface area (Å²) in [5.74, 6) is -0.227. The van der Waals surface area contributed by atoms with Crippen molar-refractivity contribution in [2.45, 2.75) is 13.3 Å². The maximum absolute atomic E-state index is 13.2. The Balaban J connectivity index is 2.57. The zero-order valence-electron chi connectivity index (χ0n) is 8.11. The summed E-state index contributed by atoms with van der Waals surface area (Å²) in [5, 5.41) is 3.02. The lowest BCUT2D eigenvalue weighted by molar-refractivity contribution is 0.630. The summed E-state index contributed by atoms with van der Waals surface area (Å²) < 4.78 is 14.1. The Kier molecular flexibility index (Phi) is 4.14. The molecule has 0 aliphatic carbocycles. The Morgan fingerprint density at radius 3 is 2.93 bits per heavy atom. The fraction of sp³-hybridized carbons (Fsp3) is 0.273. The summed E-state index contributed by atoms with van der Waals surface area (Å²) in [5.41, 5.74) is 1.62. The van der Waals surface area contributed by atoms with Crippen LogP contribution >= 0.6 is 15.9 Å². The van der Waals surface area contributed by atoms with Gasteiger partial charge in [0.25, 0.3) is 0 Å². The molecule has 1 aromatic rings. The number of hydrogen-bond donors (Lipinski definition) is 1. The minimum atomic E-state index is -0.227. The second-order valence-corrected chi connectivity index (χ2v) is 4.17. The van der Waals surface area contributed by atoms with Crippen LogP contribution in [0.25, 0.3) is 0 Å². The predicted octanol–water partition coefficient (Wildman–Crippen LogP) is 3.97. The lowest BCUT2D eigenvalue weighted by Crippen LogP contribution is -2.03. The van der Waals surface area contributed by atoms with Crippen molar-refractivity contribution < 1.29 is 4.39 Å². The lowest BCUT2D eigenvalue weighted by Gasteiger charge is -2.07. The van der Waals surface area contributed by atoms with Crippen LogP contribution in [0.1, 0.15) is 13.3 Å². The van der Waals surface area contributed by atoms with Crippen LogP contribution in [0.2, 0.25) is 0 Å². The van der Waals surface area contributed by atoms with Gasteiger partial charge in [-0.05, 0) is 31.5 Å². The van der Waals surface area contributed by atoms with Crippen LogP contribution in [0, 0.1) is 5.82 Å². The molecule has 0 saturated heterocycles. The lowest BCUT2D eigenvalue weighted by atomic mass is 10.2. The first-order valence-electron chi connectivity index (χ1n) is 4.43. The Morgan fingerprint density at radius 1 is 1.57 bits per heavy atom. The van der Waals surface area contributed by atoms with Gasteiger partial charge >= 0.3 is 0 Å². The van der Waals surface area contributed by atoms with Crippen LogP contribution in [0.5, 0.6) is 0 Å². The molecule has 0 aliphatic rings. The van der Waals surface area contributed by atoms with E-state index >= 15 is 0 Å². The Morgan fingerprint density at radius 2 is 2.29 bits per heavy atom. The summed E-state index contributed by atoms with van der Waals surface area (Å²) in [4.78, 5) is 0. The average molecular weight is 258 g/mol. The van der Waals surface area contributed by atoms with E-state index in [1.54, 1.807) is 12.1 Å². The van der Waals surface area contributed by atoms with E-state index in [0.717, 1.165) is 16.5 Å². The first-order valence-corrected chi connectivity index (χ1v) is 5.22. The third kappa shape index (κ3) is 3.50. The number of halogens is 2. The number of anilines is 1. The molecule has 76 valence electrons. The van der Waals surface area contributed by atoms with Crippen molar-refractivity contribution in [3.8, 4) is 0 Å². The maximum Gasteiger partial charge on any atom is 0.146 e. The Labute approximate surface area is 92.1 Å². The van der Waals surface area contributed by atoms with Gasteiger partial charge in [-0.3, -0.25) is 0 Å². The van der Waals surface area contributed by atoms with Crippen molar-refractivity contribution >= 4 is 21.6 Å². The van der Waals surface area contributed by atoms with Crippen molar-refractivity contribution in [1.82, 2.24) is 0 Å². The van der Waals surface area contributed by atoms with Crippen LogP contribution in [0.15, 0.2) is 34.8 Å². The molecule has 3 heteroatoms. The average Bonchev–Trinajstić information content (AvgIpc) is 2.10. The predicted molar refractivity (Wildman–Crippen MR) is 62.0 cm³/mol. The standard InChI is InChI=1S/C11H13BrFN/c1-8(2)5-6-14-11-7-9(12)3-4-10(11)13/h3-4,7,14H,1,5-6H2,2H3. The molecule has 0 saturated carbocycles. The van der Waals surface area contributed by atoms with Gasteiger partial charge in [0.15, 0.2) is 0 Å². The monoisotopic (exact) mass is 257 g/mol. The van der Waals surface area contributed by atoms with E-state index in [0.29, 0.717) is 12.2 Å². The minimum absolute atomic E-state index is 0.227. The third-order valence-electron chi connectivity index (χ3n) is 1.80. The van der Waals surface area contributed by atoms with Gasteiger partial charge in [-0.1, -0.05) is 21.5 Å². The van der Waals surface area contributed by atoms with Crippen LogP contribution in [0.4, 0.5) is 10.1 Å². The topological polar surface area (TPSA) is 12.0 Å². The van der Waals surface area contributed by atoms with Gasteiger partial charge in [-0.15, -0.1) is 6.58 Å². The van der Waals surface area contributed by atoms with E-state index in [9.17, 15) is 4.39 Å². The fourth-order valence-electron chi connectivity index (χ4n) is 1.04. The first kappa shape index (κ1) is 11.2. The molecule has 0 radical (unpaired) electrons. The van der Waals surface area contributed by atoms with Crippen molar-refractivity contribution in [2.24, 2.45) is 0 Å². The van der Waals surface area contributed by atoms with Gasteiger partial charge in [0.2, 0.25) is 0 Å². The summed E-state index contributed by atoms with van der Waals surface area (Å²) in [6.07, 6.45) is 0.853. The molecule has 0 fully saturated rings. The highest BCUT2D eigenvalue weighted by Crippen LogP contribution is 2.19. The smallest absolute Gasteiger partial charge is 0.146 e. The molecule has 0 spiro atoms. The van der Waals surface area contributed by atoms with Gasteiger partial charge in [-0.2, -0.15) is 0 Å². The molecule has 1 N–H and O–H groups in total. The van der Waals surface area contributed by atoms with Crippen molar-refractivity contribution in [3.05, 3.63) is 40.6 Å². The molecule has 0 bridgehead atoms. The second kappa shape index (κ2) is 5.15. The van der Waals surface area contributed by atoms with Crippen LogP contribution in [-0.4, -0.2) is 6.54 Å². The molecule has 1 aromatic carbocycles. The highest BCUT2D eigenvalue weighted by atomic mass is 79.9. The van der Waals surface area contributed by atoms with E-state index in [-0.39, 0.29) is 5.82 Å². The number of rotatable bonds is 4. The Hall–Kier alpha value is -0.830. The van der Waals surface area contributed by atoms with E-state index in [1.165, 1.54) is 6.07 Å². The molecule has 0 aliphatic heterocycles. The SMILES string of the molecule is C=C(C)CCNc1cc(Br)ccc1F. The fourth-order valence-corrected chi connectivity index (χ4v) is 1.40. The largest absolute Gasteiger partial charge is 0.382 e. The molecule has 1 rings (SSSR count). The maximum atomic E-state index is 13.2. The molecule has 14 heavy (non-hydrogen) atoms. The summed E-state index contributed by atoms with van der Waals surface area (Å²) >= 11 is 3.29. The highest BCUT2D eigenvalue weighted by molar-refractivity contribution is 9.10. The second-order valence-electron chi connectivity index (χ2n) is 3.26. The van der Waals surface area contributed by atoms with Crippen LogP contribution < -0.4 is 5.32 Å². The van der Waals surface area contributed by atoms with Crippen molar-refractivity contribution in [3.63, 3.8) is 0 Å². The first-order chi connectivity index (χ1) is 6.59. The van der Waals surface area contributed by atoms with Gasteiger partial charge < -0.3 is 5.32 Å². The summed E-state index contributed by atoms with van der Waals surface area (Å²) in [6, 6.07) is 4.85. The van der Waals surface area contributed by atoms with Crippen LogP contribution in [-0.2, 0) is 0 Å². The molecular weight excluding hydrogens is 245 g/mol. The van der Waals surface area contributed by atoms with E-state index < -0.39 is 0 Å². The van der Waals surface area contributed by atoms with Gasteiger partial charge in [0, 0.05) is 11.0 Å². The number of hydrogen-bond acceptors (Lipinski definition) is 1.